The Morgan fingerprint density at radius 1 is 1.08 bits per heavy atom. The molecule has 1 saturated heterocycles. The zero-order valence-corrected chi connectivity index (χ0v) is 14.4. The first-order valence-corrected chi connectivity index (χ1v) is 7.97. The predicted octanol–water partition coefficient (Wildman–Crippen LogP) is -0.302. The van der Waals surface area contributed by atoms with Crippen molar-refractivity contribution in [1.82, 2.24) is 15.1 Å². The van der Waals surface area contributed by atoms with E-state index in [1.165, 1.54) is 7.11 Å². The standard InChI is InChI=1S/C17H19N3O6/c1-3-19-14(22)15(23)20(17(19)25)10-13(21)18-12(16(24)26-2)9-11-7-5-4-6-8-11/h4-8,12H,3,9-10H2,1-2H3,(H,18,21)/t12-/m0/s1. The highest BCUT2D eigenvalue weighted by atomic mass is 16.5. The van der Waals surface area contributed by atoms with Crippen LogP contribution in [0, 0.1) is 0 Å². The summed E-state index contributed by atoms with van der Waals surface area (Å²) in [5.41, 5.74) is 0.795. The molecule has 5 amide bonds. The number of hydrogen-bond acceptors (Lipinski definition) is 6. The summed E-state index contributed by atoms with van der Waals surface area (Å²) in [6.07, 6.45) is 0.182. The summed E-state index contributed by atoms with van der Waals surface area (Å²) in [7, 11) is 1.19. The zero-order chi connectivity index (χ0) is 19.3. The van der Waals surface area contributed by atoms with Gasteiger partial charge < -0.3 is 10.1 Å². The van der Waals surface area contributed by atoms with Crippen molar-refractivity contribution in [3.63, 3.8) is 0 Å². The number of esters is 1. The molecule has 1 aromatic rings. The highest BCUT2D eigenvalue weighted by Gasteiger charge is 2.44. The number of hydrogen-bond donors (Lipinski definition) is 1. The van der Waals surface area contributed by atoms with Gasteiger partial charge in [0.15, 0.2) is 0 Å². The van der Waals surface area contributed by atoms with Crippen molar-refractivity contribution in [3.8, 4) is 0 Å². The second kappa shape index (κ2) is 8.24. The van der Waals surface area contributed by atoms with E-state index in [0.29, 0.717) is 4.90 Å². The van der Waals surface area contributed by atoms with Gasteiger partial charge in [-0.2, -0.15) is 0 Å². The second-order valence-electron chi connectivity index (χ2n) is 5.56. The molecule has 0 radical (unpaired) electrons. The lowest BCUT2D eigenvalue weighted by Gasteiger charge is -2.19. The molecule has 26 heavy (non-hydrogen) atoms. The smallest absolute Gasteiger partial charge is 0.334 e. The molecule has 1 atom stereocenters. The fourth-order valence-corrected chi connectivity index (χ4v) is 2.54. The average molecular weight is 361 g/mol. The van der Waals surface area contributed by atoms with Gasteiger partial charge in [0, 0.05) is 13.0 Å². The lowest BCUT2D eigenvalue weighted by atomic mass is 10.1. The SMILES string of the molecule is CCN1C(=O)C(=O)N(CC(=O)N[C@@H](Cc2ccccc2)C(=O)OC)C1=O. The number of nitrogens with one attached hydrogen (secondary N) is 1. The van der Waals surface area contributed by atoms with Crippen molar-refractivity contribution >= 4 is 29.7 Å². The maximum Gasteiger partial charge on any atom is 0.334 e. The molecule has 1 aliphatic heterocycles. The molecule has 1 N–H and O–H groups in total. The van der Waals surface area contributed by atoms with Gasteiger partial charge in [-0.1, -0.05) is 30.3 Å². The number of amides is 5. The molecule has 9 nitrogen and oxygen atoms in total. The molecule has 1 heterocycles. The van der Waals surface area contributed by atoms with Crippen molar-refractivity contribution in [2.45, 2.75) is 19.4 Å². The van der Waals surface area contributed by atoms with Gasteiger partial charge in [0.05, 0.1) is 7.11 Å². The summed E-state index contributed by atoms with van der Waals surface area (Å²) in [6, 6.07) is 7.13. The van der Waals surface area contributed by atoms with E-state index in [1.807, 2.05) is 6.07 Å². The minimum Gasteiger partial charge on any atom is -0.467 e. The van der Waals surface area contributed by atoms with Gasteiger partial charge in [0.2, 0.25) is 5.91 Å². The molecule has 2 rings (SSSR count). The second-order valence-corrected chi connectivity index (χ2v) is 5.56. The van der Waals surface area contributed by atoms with Gasteiger partial charge >= 0.3 is 23.8 Å². The molecular weight excluding hydrogens is 342 g/mol. The van der Waals surface area contributed by atoms with E-state index < -0.39 is 42.3 Å². The Labute approximate surface area is 149 Å². The molecule has 0 saturated carbocycles. The fraction of sp³-hybridized carbons (Fsp3) is 0.353. The summed E-state index contributed by atoms with van der Waals surface area (Å²) in [6.45, 7) is 0.919. The summed E-state index contributed by atoms with van der Waals surface area (Å²) in [5, 5.41) is 2.44. The van der Waals surface area contributed by atoms with E-state index in [2.05, 4.69) is 10.1 Å². The normalized spacial score (nSPS) is 15.2. The van der Waals surface area contributed by atoms with Crippen LogP contribution in [0.25, 0.3) is 0 Å². The number of urea groups is 1. The van der Waals surface area contributed by atoms with Crippen LogP contribution in [0.1, 0.15) is 12.5 Å². The largest absolute Gasteiger partial charge is 0.467 e. The average Bonchev–Trinajstić information content (AvgIpc) is 2.84. The topological polar surface area (TPSA) is 113 Å². The molecule has 9 heteroatoms. The van der Waals surface area contributed by atoms with E-state index in [-0.39, 0.29) is 13.0 Å². The maximum absolute atomic E-state index is 12.2. The van der Waals surface area contributed by atoms with E-state index in [4.69, 9.17) is 0 Å². The molecule has 1 fully saturated rings. The number of carbonyl (C=O) groups is 5. The molecule has 0 aliphatic carbocycles. The van der Waals surface area contributed by atoms with E-state index in [0.717, 1.165) is 10.5 Å². The van der Waals surface area contributed by atoms with Gasteiger partial charge in [0.1, 0.15) is 12.6 Å². The van der Waals surface area contributed by atoms with E-state index in [1.54, 1.807) is 31.2 Å². The van der Waals surface area contributed by atoms with Crippen molar-refractivity contribution in [2.75, 3.05) is 20.2 Å². The van der Waals surface area contributed by atoms with Crippen molar-refractivity contribution < 1.29 is 28.7 Å². The monoisotopic (exact) mass is 361 g/mol. The van der Waals surface area contributed by atoms with Gasteiger partial charge in [-0.25, -0.2) is 14.5 Å². The Kier molecular flexibility index (Phi) is 6.05. The molecule has 138 valence electrons. The Morgan fingerprint density at radius 2 is 1.69 bits per heavy atom. The van der Waals surface area contributed by atoms with Crippen LogP contribution >= 0.6 is 0 Å². The molecule has 0 bridgehead atoms. The fourth-order valence-electron chi connectivity index (χ4n) is 2.54. The van der Waals surface area contributed by atoms with Crippen LogP contribution in [-0.2, 0) is 30.3 Å². The first-order chi connectivity index (χ1) is 12.4. The summed E-state index contributed by atoms with van der Waals surface area (Å²) in [4.78, 5) is 60.9. The van der Waals surface area contributed by atoms with Gasteiger partial charge in [-0.3, -0.25) is 19.3 Å². The molecular formula is C17H19N3O6. The Morgan fingerprint density at radius 3 is 2.23 bits per heavy atom. The van der Waals surface area contributed by atoms with E-state index >= 15 is 0 Å². The van der Waals surface area contributed by atoms with Crippen LogP contribution in [0.4, 0.5) is 4.79 Å². The number of carbonyl (C=O) groups excluding carboxylic acids is 5. The number of ether oxygens (including phenoxy) is 1. The third-order valence-corrected chi connectivity index (χ3v) is 3.86. The van der Waals surface area contributed by atoms with Crippen molar-refractivity contribution in [1.29, 1.82) is 0 Å². The zero-order valence-electron chi connectivity index (χ0n) is 14.4. The van der Waals surface area contributed by atoms with Crippen LogP contribution in [0.5, 0.6) is 0 Å². The van der Waals surface area contributed by atoms with Crippen LogP contribution < -0.4 is 5.32 Å². The van der Waals surface area contributed by atoms with Crippen molar-refractivity contribution in [3.05, 3.63) is 35.9 Å². The minimum atomic E-state index is -1.07. The third kappa shape index (κ3) is 4.05. The van der Waals surface area contributed by atoms with Crippen LogP contribution in [0.2, 0.25) is 0 Å². The highest BCUT2D eigenvalue weighted by Crippen LogP contribution is 2.11. The minimum absolute atomic E-state index is 0.0281. The Hall–Kier alpha value is -3.23. The maximum atomic E-state index is 12.2. The molecule has 1 aromatic carbocycles. The molecule has 0 unspecified atom stereocenters. The predicted molar refractivity (Wildman–Crippen MR) is 88.6 cm³/mol. The lowest BCUT2D eigenvalue weighted by Crippen LogP contribution is -2.48. The number of methoxy groups -OCH3 is 1. The molecule has 0 spiro atoms. The lowest BCUT2D eigenvalue weighted by molar-refractivity contribution is -0.146. The van der Waals surface area contributed by atoms with E-state index in [9.17, 15) is 24.0 Å². The summed E-state index contributed by atoms with van der Waals surface area (Å²) < 4.78 is 4.69. The number of rotatable bonds is 7. The van der Waals surface area contributed by atoms with Crippen molar-refractivity contribution in [2.24, 2.45) is 0 Å². The third-order valence-electron chi connectivity index (χ3n) is 3.86. The van der Waals surface area contributed by atoms with Crippen LogP contribution in [0.3, 0.4) is 0 Å². The summed E-state index contributed by atoms with van der Waals surface area (Å²) >= 11 is 0. The van der Waals surface area contributed by atoms with Gasteiger partial charge in [0.25, 0.3) is 0 Å². The van der Waals surface area contributed by atoms with Gasteiger partial charge in [-0.15, -0.1) is 0 Å². The number of nitrogens with zero attached hydrogens (tertiary/aromatic N) is 2. The quantitative estimate of drug-likeness (QED) is 0.405. The van der Waals surface area contributed by atoms with Gasteiger partial charge in [-0.05, 0) is 12.5 Å². The highest BCUT2D eigenvalue weighted by molar-refractivity contribution is 6.45. The number of benzene rings is 1. The first kappa shape index (κ1) is 19.1. The van der Waals surface area contributed by atoms with Crippen LogP contribution in [-0.4, -0.2) is 65.8 Å². The summed E-state index contributed by atoms with van der Waals surface area (Å²) in [5.74, 6) is -3.44. The number of likely N-dealkylation sites (N-methyl/N-ethyl adjacent to an activating group) is 1. The first-order valence-electron chi connectivity index (χ1n) is 7.97. The molecule has 1 aliphatic rings. The van der Waals surface area contributed by atoms with Crippen LogP contribution in [0.15, 0.2) is 30.3 Å². The Balaban J connectivity index is 2.05. The molecule has 0 aromatic heterocycles. The number of imide groups is 2. The Bertz CT molecular complexity index is 733.